The van der Waals surface area contributed by atoms with Crippen LogP contribution in [0, 0.1) is 0 Å². The van der Waals surface area contributed by atoms with Gasteiger partial charge in [0.1, 0.15) is 5.75 Å². The first kappa shape index (κ1) is 15.9. The molecule has 0 amide bonds. The fourth-order valence-corrected chi connectivity index (χ4v) is 2.61. The van der Waals surface area contributed by atoms with Crippen molar-refractivity contribution in [1.82, 2.24) is 0 Å². The van der Waals surface area contributed by atoms with Gasteiger partial charge in [0, 0.05) is 12.1 Å². The Bertz CT molecular complexity index is 809. The Kier molecular flexibility index (Phi) is 4.97. The van der Waals surface area contributed by atoms with Crippen LogP contribution in [-0.2, 0) is 0 Å². The standard InChI is InChI=1S/C22H21NO/c1-24-21-13-9-18(10-14-21)15-19-8-12-20(22(23)16-19)11-7-17-5-3-2-4-6-17/h2-15H,16,23H2,1H3. The largest absolute Gasteiger partial charge is 0.497 e. The van der Waals surface area contributed by atoms with Crippen LogP contribution in [0.5, 0.6) is 5.75 Å². The van der Waals surface area contributed by atoms with Gasteiger partial charge < -0.3 is 10.5 Å². The molecule has 0 fully saturated rings. The van der Waals surface area contributed by atoms with E-state index in [4.69, 9.17) is 10.5 Å². The highest BCUT2D eigenvalue weighted by molar-refractivity contribution is 5.62. The van der Waals surface area contributed by atoms with Crippen molar-refractivity contribution < 1.29 is 4.74 Å². The van der Waals surface area contributed by atoms with Crippen molar-refractivity contribution in [3.05, 3.63) is 101 Å². The Morgan fingerprint density at radius 2 is 1.62 bits per heavy atom. The molecule has 0 heterocycles. The van der Waals surface area contributed by atoms with Crippen LogP contribution in [0.2, 0.25) is 0 Å². The molecule has 2 N–H and O–H groups in total. The number of hydrogen-bond acceptors (Lipinski definition) is 2. The third-order valence-corrected chi connectivity index (χ3v) is 3.97. The minimum Gasteiger partial charge on any atom is -0.497 e. The van der Waals surface area contributed by atoms with Crippen molar-refractivity contribution in [2.24, 2.45) is 5.73 Å². The molecule has 0 bridgehead atoms. The normalized spacial score (nSPS) is 16.1. The van der Waals surface area contributed by atoms with E-state index in [1.54, 1.807) is 7.11 Å². The Hall–Kier alpha value is -3.00. The lowest BCUT2D eigenvalue weighted by molar-refractivity contribution is 0.415. The Morgan fingerprint density at radius 3 is 2.29 bits per heavy atom. The molecule has 0 radical (unpaired) electrons. The third kappa shape index (κ3) is 4.05. The van der Waals surface area contributed by atoms with Crippen LogP contribution in [0.25, 0.3) is 12.2 Å². The van der Waals surface area contributed by atoms with E-state index in [0.717, 1.165) is 29.0 Å². The number of nitrogens with two attached hydrogens (primary N) is 1. The Balaban J connectivity index is 1.72. The fourth-order valence-electron chi connectivity index (χ4n) is 2.61. The second-order valence-electron chi connectivity index (χ2n) is 5.73. The molecule has 3 rings (SSSR count). The average molecular weight is 315 g/mol. The quantitative estimate of drug-likeness (QED) is 0.865. The molecule has 24 heavy (non-hydrogen) atoms. The molecule has 2 heteroatoms. The van der Waals surface area contributed by atoms with Gasteiger partial charge in [-0.3, -0.25) is 0 Å². The van der Waals surface area contributed by atoms with Gasteiger partial charge in [0.15, 0.2) is 0 Å². The first-order chi connectivity index (χ1) is 11.7. The van der Waals surface area contributed by atoms with Gasteiger partial charge in [0.25, 0.3) is 0 Å². The first-order valence-electron chi connectivity index (χ1n) is 7.99. The summed E-state index contributed by atoms with van der Waals surface area (Å²) in [6.45, 7) is 0. The highest BCUT2D eigenvalue weighted by Crippen LogP contribution is 2.24. The van der Waals surface area contributed by atoms with Crippen molar-refractivity contribution in [2.75, 3.05) is 7.11 Å². The lowest BCUT2D eigenvalue weighted by Crippen LogP contribution is -2.04. The molecule has 0 spiro atoms. The third-order valence-electron chi connectivity index (χ3n) is 3.97. The lowest BCUT2D eigenvalue weighted by Gasteiger charge is -2.12. The van der Waals surface area contributed by atoms with Crippen LogP contribution in [0.3, 0.4) is 0 Å². The van der Waals surface area contributed by atoms with E-state index in [2.05, 4.69) is 42.5 Å². The number of allylic oxidation sites excluding steroid dienone is 5. The zero-order chi connectivity index (χ0) is 16.8. The van der Waals surface area contributed by atoms with E-state index in [1.165, 1.54) is 11.1 Å². The molecular weight excluding hydrogens is 294 g/mol. The maximum absolute atomic E-state index is 6.25. The molecule has 0 aliphatic heterocycles. The van der Waals surface area contributed by atoms with E-state index in [1.807, 2.05) is 42.5 Å². The molecule has 0 saturated carbocycles. The predicted octanol–water partition coefficient (Wildman–Crippen LogP) is 4.96. The van der Waals surface area contributed by atoms with Crippen molar-refractivity contribution in [3.8, 4) is 5.75 Å². The molecule has 1 aliphatic rings. The second-order valence-corrected chi connectivity index (χ2v) is 5.73. The second kappa shape index (κ2) is 7.51. The van der Waals surface area contributed by atoms with Gasteiger partial charge >= 0.3 is 0 Å². The highest BCUT2D eigenvalue weighted by atomic mass is 16.5. The summed E-state index contributed by atoms with van der Waals surface area (Å²) in [7, 11) is 1.67. The lowest BCUT2D eigenvalue weighted by atomic mass is 9.96. The van der Waals surface area contributed by atoms with E-state index >= 15 is 0 Å². The summed E-state index contributed by atoms with van der Waals surface area (Å²) in [5, 5.41) is 0. The zero-order valence-electron chi connectivity index (χ0n) is 13.8. The summed E-state index contributed by atoms with van der Waals surface area (Å²) in [4.78, 5) is 0. The molecule has 1 aliphatic carbocycles. The van der Waals surface area contributed by atoms with Gasteiger partial charge in [-0.2, -0.15) is 0 Å². The summed E-state index contributed by atoms with van der Waals surface area (Å²) in [6, 6.07) is 18.3. The van der Waals surface area contributed by atoms with Gasteiger partial charge in [-0.05, 0) is 34.4 Å². The van der Waals surface area contributed by atoms with E-state index < -0.39 is 0 Å². The topological polar surface area (TPSA) is 35.2 Å². The van der Waals surface area contributed by atoms with Crippen molar-refractivity contribution in [3.63, 3.8) is 0 Å². The average Bonchev–Trinajstić information content (AvgIpc) is 2.62. The molecular formula is C22H21NO. The maximum atomic E-state index is 6.25. The number of ether oxygens (including phenoxy) is 1. The van der Waals surface area contributed by atoms with Crippen LogP contribution in [0.4, 0.5) is 0 Å². The molecule has 0 aromatic heterocycles. The monoisotopic (exact) mass is 315 g/mol. The Labute approximate surface area is 143 Å². The van der Waals surface area contributed by atoms with Gasteiger partial charge in [-0.1, -0.05) is 72.8 Å². The van der Waals surface area contributed by atoms with Crippen LogP contribution in [-0.4, -0.2) is 7.11 Å². The van der Waals surface area contributed by atoms with Crippen molar-refractivity contribution >= 4 is 12.2 Å². The molecule has 2 aromatic rings. The maximum Gasteiger partial charge on any atom is 0.118 e. The number of methoxy groups -OCH3 is 1. The molecule has 120 valence electrons. The van der Waals surface area contributed by atoms with Crippen LogP contribution >= 0.6 is 0 Å². The summed E-state index contributed by atoms with van der Waals surface area (Å²) in [5.74, 6) is 0.865. The predicted molar refractivity (Wildman–Crippen MR) is 101 cm³/mol. The SMILES string of the molecule is COc1ccc(C=C2C=CC(C=Cc3ccccc3)=C(N)C2)cc1. The minimum absolute atomic E-state index is 0.761. The van der Waals surface area contributed by atoms with Gasteiger partial charge in [-0.15, -0.1) is 0 Å². The first-order valence-corrected chi connectivity index (χ1v) is 7.99. The van der Waals surface area contributed by atoms with E-state index in [9.17, 15) is 0 Å². The van der Waals surface area contributed by atoms with Crippen molar-refractivity contribution in [2.45, 2.75) is 6.42 Å². The number of hydrogen-bond donors (Lipinski definition) is 1. The van der Waals surface area contributed by atoms with Crippen LogP contribution in [0.1, 0.15) is 17.5 Å². The summed E-state index contributed by atoms with van der Waals surface area (Å²) < 4.78 is 5.18. The molecule has 0 saturated heterocycles. The van der Waals surface area contributed by atoms with Crippen LogP contribution in [0.15, 0.2) is 89.7 Å². The summed E-state index contributed by atoms with van der Waals surface area (Å²) in [6.07, 6.45) is 11.3. The van der Waals surface area contributed by atoms with Crippen LogP contribution < -0.4 is 10.5 Å². The van der Waals surface area contributed by atoms with Crippen molar-refractivity contribution in [1.29, 1.82) is 0 Å². The Morgan fingerprint density at radius 1 is 0.875 bits per heavy atom. The van der Waals surface area contributed by atoms with Gasteiger partial charge in [0.05, 0.1) is 7.11 Å². The number of benzene rings is 2. The summed E-state index contributed by atoms with van der Waals surface area (Å²) in [5.41, 5.74) is 11.7. The molecule has 2 nitrogen and oxygen atoms in total. The van der Waals surface area contributed by atoms with Gasteiger partial charge in [0.2, 0.25) is 0 Å². The molecule has 2 aromatic carbocycles. The van der Waals surface area contributed by atoms with E-state index in [-0.39, 0.29) is 0 Å². The summed E-state index contributed by atoms with van der Waals surface area (Å²) >= 11 is 0. The number of rotatable bonds is 4. The van der Waals surface area contributed by atoms with E-state index in [0.29, 0.717) is 0 Å². The zero-order valence-corrected chi connectivity index (χ0v) is 13.8. The smallest absolute Gasteiger partial charge is 0.118 e. The highest BCUT2D eigenvalue weighted by Gasteiger charge is 2.06. The van der Waals surface area contributed by atoms with Gasteiger partial charge in [-0.25, -0.2) is 0 Å². The minimum atomic E-state index is 0.761. The fraction of sp³-hybridized carbons (Fsp3) is 0.0909. The molecule has 0 atom stereocenters. The molecule has 0 unspecified atom stereocenters.